The van der Waals surface area contributed by atoms with Gasteiger partial charge in [-0.25, -0.2) is 0 Å². The number of carbonyl (C=O) groups is 2. The topological polar surface area (TPSA) is 84.9 Å². The number of ether oxygens (including phenoxy) is 2. The molecule has 1 rings (SSSR count). The van der Waals surface area contributed by atoms with Gasteiger partial charge in [0.05, 0.1) is 19.8 Å². The molecule has 1 unspecified atom stereocenters. The van der Waals surface area contributed by atoms with Crippen molar-refractivity contribution in [3.8, 4) is 11.5 Å². The molecule has 0 fully saturated rings. The average molecular weight is 267 g/mol. The molecule has 0 amide bonds. The van der Waals surface area contributed by atoms with Crippen molar-refractivity contribution in [2.24, 2.45) is 0 Å². The van der Waals surface area contributed by atoms with E-state index in [2.05, 4.69) is 5.32 Å². The lowest BCUT2D eigenvalue weighted by Crippen LogP contribution is -2.41. The third kappa shape index (κ3) is 2.85. The number of carbonyl (C=O) groups excluding carboxylic acids is 1. The molecule has 6 heteroatoms. The quantitative estimate of drug-likeness (QED) is 0.587. The van der Waals surface area contributed by atoms with Gasteiger partial charge in [-0.2, -0.15) is 0 Å². The Morgan fingerprint density at radius 3 is 2.32 bits per heavy atom. The van der Waals surface area contributed by atoms with Crippen LogP contribution < -0.4 is 14.8 Å². The van der Waals surface area contributed by atoms with Gasteiger partial charge < -0.3 is 19.9 Å². The van der Waals surface area contributed by atoms with Crippen LogP contribution in [0.25, 0.3) is 0 Å². The van der Waals surface area contributed by atoms with Gasteiger partial charge in [-0.05, 0) is 26.1 Å². The molecular formula is C13H17NO5. The molecular weight excluding hydrogens is 250 g/mol. The van der Waals surface area contributed by atoms with Gasteiger partial charge in [-0.1, -0.05) is 0 Å². The van der Waals surface area contributed by atoms with E-state index in [4.69, 9.17) is 14.6 Å². The van der Waals surface area contributed by atoms with Gasteiger partial charge in [0, 0.05) is 5.56 Å². The highest BCUT2D eigenvalue weighted by Crippen LogP contribution is 2.31. The van der Waals surface area contributed by atoms with Gasteiger partial charge in [-0.3, -0.25) is 9.59 Å². The van der Waals surface area contributed by atoms with Gasteiger partial charge >= 0.3 is 5.97 Å². The molecule has 6 nitrogen and oxygen atoms in total. The number of rotatable bonds is 6. The summed E-state index contributed by atoms with van der Waals surface area (Å²) in [5, 5.41) is 11.5. The fourth-order valence-electron chi connectivity index (χ4n) is 1.87. The van der Waals surface area contributed by atoms with Gasteiger partial charge in [-0.15, -0.1) is 0 Å². The molecule has 0 aliphatic heterocycles. The van der Waals surface area contributed by atoms with E-state index in [1.807, 2.05) is 0 Å². The van der Waals surface area contributed by atoms with Crippen molar-refractivity contribution < 1.29 is 24.2 Å². The van der Waals surface area contributed by atoms with E-state index < -0.39 is 17.8 Å². The fraction of sp³-hybridized carbons (Fsp3) is 0.385. The van der Waals surface area contributed by atoms with E-state index in [0.29, 0.717) is 17.1 Å². The SMILES string of the molecule is CNC(C(=O)O)C(=O)c1ccc(OC)c(C)c1OC. The standard InChI is InChI=1S/C13H17NO5/c1-7-9(18-3)6-5-8(12(7)19-4)11(15)10(14-2)13(16)17/h5-6,10,14H,1-4H3,(H,16,17). The average Bonchev–Trinajstić information content (AvgIpc) is 2.38. The number of carboxylic acid groups (broad SMARTS) is 1. The molecule has 0 saturated carbocycles. The number of hydrogen-bond donors (Lipinski definition) is 2. The monoisotopic (exact) mass is 267 g/mol. The number of likely N-dealkylation sites (N-methyl/N-ethyl adjacent to an activating group) is 1. The summed E-state index contributed by atoms with van der Waals surface area (Å²) in [6.07, 6.45) is 0. The lowest BCUT2D eigenvalue weighted by atomic mass is 10.00. The summed E-state index contributed by atoms with van der Waals surface area (Å²) in [6.45, 7) is 1.74. The highest BCUT2D eigenvalue weighted by atomic mass is 16.5. The van der Waals surface area contributed by atoms with E-state index in [0.717, 1.165) is 0 Å². The Morgan fingerprint density at radius 1 is 1.26 bits per heavy atom. The number of Topliss-reactive ketones (excluding diaryl/α,β-unsaturated/α-hetero) is 1. The molecule has 0 spiro atoms. The minimum absolute atomic E-state index is 0.211. The molecule has 2 N–H and O–H groups in total. The number of methoxy groups -OCH3 is 2. The predicted octanol–water partition coefficient (Wildman–Crippen LogP) is 0.868. The van der Waals surface area contributed by atoms with E-state index in [9.17, 15) is 9.59 Å². The summed E-state index contributed by atoms with van der Waals surface area (Å²) in [6, 6.07) is 1.81. The molecule has 1 aromatic rings. The summed E-state index contributed by atoms with van der Waals surface area (Å²) in [5.41, 5.74) is 0.860. The number of ketones is 1. The Labute approximate surface area is 111 Å². The highest BCUT2D eigenvalue weighted by molar-refractivity contribution is 6.13. The lowest BCUT2D eigenvalue weighted by Gasteiger charge is -2.16. The van der Waals surface area contributed by atoms with Crippen molar-refractivity contribution in [3.05, 3.63) is 23.3 Å². The zero-order valence-corrected chi connectivity index (χ0v) is 11.3. The van der Waals surface area contributed by atoms with Crippen LogP contribution in [-0.2, 0) is 4.79 Å². The van der Waals surface area contributed by atoms with Crippen molar-refractivity contribution >= 4 is 11.8 Å². The Balaban J connectivity index is 3.31. The second-order valence-corrected chi connectivity index (χ2v) is 3.90. The van der Waals surface area contributed by atoms with E-state index in [1.54, 1.807) is 13.0 Å². The molecule has 0 saturated heterocycles. The maximum absolute atomic E-state index is 12.2. The van der Waals surface area contributed by atoms with Crippen molar-refractivity contribution in [2.75, 3.05) is 21.3 Å². The smallest absolute Gasteiger partial charge is 0.328 e. The van der Waals surface area contributed by atoms with Crippen LogP contribution in [0.3, 0.4) is 0 Å². The Bertz CT molecular complexity index is 498. The normalized spacial score (nSPS) is 11.8. The van der Waals surface area contributed by atoms with Crippen LogP contribution in [0, 0.1) is 6.92 Å². The summed E-state index contributed by atoms with van der Waals surface area (Å²) in [4.78, 5) is 23.2. The van der Waals surface area contributed by atoms with Gasteiger partial charge in [0.2, 0.25) is 0 Å². The summed E-state index contributed by atoms with van der Waals surface area (Å²) in [5.74, 6) is -0.892. The molecule has 0 aromatic heterocycles. The number of carboxylic acids is 1. The first-order valence-electron chi connectivity index (χ1n) is 5.63. The summed E-state index contributed by atoms with van der Waals surface area (Å²) in [7, 11) is 4.35. The molecule has 0 radical (unpaired) electrons. The van der Waals surface area contributed by atoms with Crippen LogP contribution in [0.5, 0.6) is 11.5 Å². The van der Waals surface area contributed by atoms with Gasteiger partial charge in [0.25, 0.3) is 0 Å². The first kappa shape index (κ1) is 15.0. The number of hydrogen-bond acceptors (Lipinski definition) is 5. The minimum Gasteiger partial charge on any atom is -0.496 e. The highest BCUT2D eigenvalue weighted by Gasteiger charge is 2.28. The molecule has 1 atom stereocenters. The molecule has 19 heavy (non-hydrogen) atoms. The van der Waals surface area contributed by atoms with Crippen molar-refractivity contribution in [1.82, 2.24) is 5.32 Å². The van der Waals surface area contributed by atoms with Crippen molar-refractivity contribution in [3.63, 3.8) is 0 Å². The molecule has 0 aliphatic carbocycles. The Hall–Kier alpha value is -2.08. The lowest BCUT2D eigenvalue weighted by molar-refractivity contribution is -0.137. The van der Waals surface area contributed by atoms with Crippen LogP contribution in [0.15, 0.2) is 12.1 Å². The number of benzene rings is 1. The predicted molar refractivity (Wildman–Crippen MR) is 69.1 cm³/mol. The van der Waals surface area contributed by atoms with E-state index >= 15 is 0 Å². The second kappa shape index (κ2) is 6.19. The van der Waals surface area contributed by atoms with Gasteiger partial charge in [0.15, 0.2) is 11.8 Å². The first-order valence-corrected chi connectivity index (χ1v) is 5.63. The summed E-state index contributed by atoms with van der Waals surface area (Å²) >= 11 is 0. The van der Waals surface area contributed by atoms with Crippen LogP contribution in [0.1, 0.15) is 15.9 Å². The van der Waals surface area contributed by atoms with E-state index in [1.165, 1.54) is 27.3 Å². The zero-order chi connectivity index (χ0) is 14.6. The second-order valence-electron chi connectivity index (χ2n) is 3.90. The van der Waals surface area contributed by atoms with Crippen LogP contribution in [0.4, 0.5) is 0 Å². The Kier molecular flexibility index (Phi) is 4.88. The molecule has 0 heterocycles. The molecule has 0 aliphatic rings. The van der Waals surface area contributed by atoms with Crippen molar-refractivity contribution in [1.29, 1.82) is 0 Å². The Morgan fingerprint density at radius 2 is 1.89 bits per heavy atom. The fourth-order valence-corrected chi connectivity index (χ4v) is 1.87. The van der Waals surface area contributed by atoms with Crippen molar-refractivity contribution in [2.45, 2.75) is 13.0 Å². The van der Waals surface area contributed by atoms with Crippen LogP contribution >= 0.6 is 0 Å². The molecule has 1 aromatic carbocycles. The third-order valence-electron chi connectivity index (χ3n) is 2.84. The minimum atomic E-state index is -1.30. The van der Waals surface area contributed by atoms with Crippen LogP contribution in [-0.4, -0.2) is 44.2 Å². The molecule has 104 valence electrons. The number of nitrogens with one attached hydrogen (secondary N) is 1. The maximum Gasteiger partial charge on any atom is 0.328 e. The maximum atomic E-state index is 12.2. The van der Waals surface area contributed by atoms with E-state index in [-0.39, 0.29) is 5.56 Å². The largest absolute Gasteiger partial charge is 0.496 e. The third-order valence-corrected chi connectivity index (χ3v) is 2.84. The zero-order valence-electron chi connectivity index (χ0n) is 11.3. The molecule has 0 bridgehead atoms. The first-order chi connectivity index (χ1) is 8.97. The van der Waals surface area contributed by atoms with Gasteiger partial charge in [0.1, 0.15) is 11.5 Å². The van der Waals surface area contributed by atoms with Crippen LogP contribution in [0.2, 0.25) is 0 Å². The summed E-state index contributed by atoms with van der Waals surface area (Å²) < 4.78 is 10.3. The number of aliphatic carboxylic acids is 1.